The van der Waals surface area contributed by atoms with E-state index in [1.807, 2.05) is 0 Å². The monoisotopic (exact) mass is 343 g/mol. The molecule has 0 aliphatic rings. The van der Waals surface area contributed by atoms with Crippen molar-refractivity contribution in [3.63, 3.8) is 0 Å². The largest absolute Gasteiger partial charge is 0.394 e. The Morgan fingerprint density at radius 2 is 1.70 bits per heavy atom. The Morgan fingerprint density at radius 1 is 1.13 bits per heavy atom. The Morgan fingerprint density at radius 3 is 2.22 bits per heavy atom. The van der Waals surface area contributed by atoms with Gasteiger partial charge in [-0.15, -0.1) is 0 Å². The second-order valence-corrected chi connectivity index (χ2v) is 5.34. The van der Waals surface area contributed by atoms with Crippen LogP contribution in [0.5, 0.6) is 0 Å². The highest BCUT2D eigenvalue weighted by Crippen LogP contribution is 2.19. The van der Waals surface area contributed by atoms with E-state index in [1.54, 1.807) is 24.3 Å². The molecule has 2 rings (SSSR count). The van der Waals surface area contributed by atoms with Gasteiger partial charge in [0.1, 0.15) is 0 Å². The number of nitrogens with one attached hydrogen (secondary N) is 1. The van der Waals surface area contributed by atoms with Crippen molar-refractivity contribution in [2.45, 2.75) is 12.5 Å². The fraction of sp³-hybridized carbons (Fsp3) is 0.188. The van der Waals surface area contributed by atoms with Crippen LogP contribution in [0.2, 0.25) is 5.02 Å². The molecule has 122 valence electrons. The minimum atomic E-state index is -1.60. The van der Waals surface area contributed by atoms with Crippen LogP contribution in [0.1, 0.15) is 17.2 Å². The van der Waals surface area contributed by atoms with Crippen molar-refractivity contribution in [1.82, 2.24) is 5.32 Å². The maximum Gasteiger partial charge on any atom is 0.224 e. The number of amides is 1. The normalized spacial score (nSPS) is 12.0. The zero-order valence-electron chi connectivity index (χ0n) is 11.8. The Hall–Kier alpha value is -2.05. The molecule has 0 aromatic heterocycles. The van der Waals surface area contributed by atoms with E-state index in [1.165, 1.54) is 0 Å². The third kappa shape index (κ3) is 4.46. The van der Waals surface area contributed by atoms with Gasteiger partial charge in [-0.2, -0.15) is 0 Å². The van der Waals surface area contributed by atoms with E-state index in [-0.39, 0.29) is 12.0 Å². The summed E-state index contributed by atoms with van der Waals surface area (Å²) in [5.41, 5.74) is 0.619. The third-order valence-corrected chi connectivity index (χ3v) is 3.46. The minimum absolute atomic E-state index is 0.000171. The van der Waals surface area contributed by atoms with Crippen molar-refractivity contribution in [3.05, 3.63) is 70.0 Å². The van der Waals surface area contributed by atoms with Crippen molar-refractivity contribution >= 4 is 17.5 Å². The van der Waals surface area contributed by atoms with Crippen LogP contribution in [-0.4, -0.2) is 17.6 Å². The number of carbonyl (C=O) groups excluding carboxylic acids is 1. The molecule has 0 heterocycles. The van der Waals surface area contributed by atoms with Crippen molar-refractivity contribution in [2.24, 2.45) is 0 Å². The Balaban J connectivity index is 2.09. The van der Waals surface area contributed by atoms with E-state index in [9.17, 15) is 23.1 Å². The average molecular weight is 344 g/mol. The second kappa shape index (κ2) is 7.48. The highest BCUT2D eigenvalue weighted by molar-refractivity contribution is 6.30. The molecule has 2 aromatic rings. The molecule has 0 fully saturated rings. The molecule has 2 N–H and O–H groups in total. The van der Waals surface area contributed by atoms with Crippen LogP contribution < -0.4 is 5.32 Å². The molecular weight excluding hydrogens is 331 g/mol. The Labute approximate surface area is 135 Å². The number of carbonyl (C=O) groups is 1. The highest BCUT2D eigenvalue weighted by Gasteiger charge is 2.18. The van der Waals surface area contributed by atoms with E-state index in [0.717, 1.165) is 12.1 Å². The van der Waals surface area contributed by atoms with Crippen LogP contribution >= 0.6 is 11.6 Å². The van der Waals surface area contributed by atoms with Gasteiger partial charge in [-0.05, 0) is 35.4 Å². The van der Waals surface area contributed by atoms with Gasteiger partial charge >= 0.3 is 0 Å². The lowest BCUT2D eigenvalue weighted by atomic mass is 10.1. The summed E-state index contributed by atoms with van der Waals surface area (Å²) in [4.78, 5) is 12.0. The summed E-state index contributed by atoms with van der Waals surface area (Å²) in [5, 5.41) is 12.3. The fourth-order valence-electron chi connectivity index (χ4n) is 2.04. The highest BCUT2D eigenvalue weighted by atomic mass is 35.5. The molecule has 7 heteroatoms. The zero-order chi connectivity index (χ0) is 17.0. The van der Waals surface area contributed by atoms with Gasteiger partial charge in [-0.3, -0.25) is 4.79 Å². The second-order valence-electron chi connectivity index (χ2n) is 4.90. The summed E-state index contributed by atoms with van der Waals surface area (Å²) >= 11 is 5.74. The standard InChI is InChI=1S/C16H13ClF3NO2/c17-11-3-1-9(2-4-11)5-15(23)21-14(8-22)10-6-12(18)16(20)13(19)7-10/h1-4,6-7,14,22H,5,8H2,(H,21,23). The van der Waals surface area contributed by atoms with Gasteiger partial charge in [0.25, 0.3) is 0 Å². The summed E-state index contributed by atoms with van der Waals surface area (Å²) in [5.74, 6) is -4.83. The topological polar surface area (TPSA) is 49.3 Å². The molecule has 0 spiro atoms. The Bertz CT molecular complexity index is 684. The third-order valence-electron chi connectivity index (χ3n) is 3.20. The number of rotatable bonds is 5. The van der Waals surface area contributed by atoms with E-state index >= 15 is 0 Å². The summed E-state index contributed by atoms with van der Waals surface area (Å²) in [7, 11) is 0. The summed E-state index contributed by atoms with van der Waals surface area (Å²) in [6.07, 6.45) is -0.000171. The predicted octanol–water partition coefficient (Wildman–Crippen LogP) is 3.15. The van der Waals surface area contributed by atoms with Gasteiger partial charge in [0.15, 0.2) is 17.5 Å². The lowest BCUT2D eigenvalue weighted by Gasteiger charge is -2.17. The number of hydrogen-bond donors (Lipinski definition) is 2. The van der Waals surface area contributed by atoms with Gasteiger partial charge < -0.3 is 10.4 Å². The molecule has 23 heavy (non-hydrogen) atoms. The Kier molecular flexibility index (Phi) is 5.63. The first-order valence-electron chi connectivity index (χ1n) is 6.70. The van der Waals surface area contributed by atoms with Gasteiger partial charge in [-0.1, -0.05) is 23.7 Å². The molecule has 0 aliphatic carbocycles. The maximum atomic E-state index is 13.2. The van der Waals surface area contributed by atoms with E-state index < -0.39 is 36.0 Å². The van der Waals surface area contributed by atoms with Crippen LogP contribution in [-0.2, 0) is 11.2 Å². The van der Waals surface area contributed by atoms with Crippen LogP contribution in [0.25, 0.3) is 0 Å². The van der Waals surface area contributed by atoms with Gasteiger partial charge in [0, 0.05) is 5.02 Å². The number of hydrogen-bond acceptors (Lipinski definition) is 2. The average Bonchev–Trinajstić information content (AvgIpc) is 2.52. The van der Waals surface area contributed by atoms with Gasteiger partial charge in [0.05, 0.1) is 19.1 Å². The number of benzene rings is 2. The lowest BCUT2D eigenvalue weighted by molar-refractivity contribution is -0.121. The molecule has 0 bridgehead atoms. The van der Waals surface area contributed by atoms with Crippen LogP contribution in [0, 0.1) is 17.5 Å². The quantitative estimate of drug-likeness (QED) is 0.819. The van der Waals surface area contributed by atoms with E-state index in [2.05, 4.69) is 5.32 Å². The van der Waals surface area contributed by atoms with Crippen molar-refractivity contribution < 1.29 is 23.1 Å². The van der Waals surface area contributed by atoms with Crippen molar-refractivity contribution in [3.8, 4) is 0 Å². The van der Waals surface area contributed by atoms with Crippen molar-refractivity contribution in [1.29, 1.82) is 0 Å². The molecule has 0 saturated heterocycles. The molecular formula is C16H13ClF3NO2. The molecule has 0 aliphatic heterocycles. The van der Waals surface area contributed by atoms with Crippen molar-refractivity contribution in [2.75, 3.05) is 6.61 Å². The first kappa shape index (κ1) is 17.3. The number of aliphatic hydroxyl groups excluding tert-OH is 1. The molecule has 2 aromatic carbocycles. The lowest BCUT2D eigenvalue weighted by Crippen LogP contribution is -2.32. The molecule has 1 atom stereocenters. The van der Waals surface area contributed by atoms with E-state index in [0.29, 0.717) is 10.6 Å². The molecule has 0 saturated carbocycles. The van der Waals surface area contributed by atoms with Gasteiger partial charge in [-0.25, -0.2) is 13.2 Å². The summed E-state index contributed by atoms with van der Waals surface area (Å²) in [6, 6.07) is 7.00. The van der Waals surface area contributed by atoms with Gasteiger partial charge in [0.2, 0.25) is 5.91 Å². The molecule has 1 amide bonds. The van der Waals surface area contributed by atoms with Crippen LogP contribution in [0.4, 0.5) is 13.2 Å². The summed E-state index contributed by atoms with van der Waals surface area (Å²) in [6.45, 7) is -0.586. The maximum absolute atomic E-state index is 13.2. The first-order chi connectivity index (χ1) is 10.9. The number of halogens is 4. The molecule has 0 radical (unpaired) electrons. The SMILES string of the molecule is O=C(Cc1ccc(Cl)cc1)NC(CO)c1cc(F)c(F)c(F)c1. The molecule has 3 nitrogen and oxygen atoms in total. The minimum Gasteiger partial charge on any atom is -0.394 e. The summed E-state index contributed by atoms with van der Waals surface area (Å²) < 4.78 is 39.4. The predicted molar refractivity (Wildman–Crippen MR) is 79.4 cm³/mol. The van der Waals surface area contributed by atoms with Crippen LogP contribution in [0.15, 0.2) is 36.4 Å². The smallest absolute Gasteiger partial charge is 0.224 e. The fourth-order valence-corrected chi connectivity index (χ4v) is 2.17. The van der Waals surface area contributed by atoms with Crippen LogP contribution in [0.3, 0.4) is 0 Å². The first-order valence-corrected chi connectivity index (χ1v) is 7.07. The zero-order valence-corrected chi connectivity index (χ0v) is 12.6. The van der Waals surface area contributed by atoms with E-state index in [4.69, 9.17) is 11.6 Å². The molecule has 1 unspecified atom stereocenters. The number of aliphatic hydroxyl groups is 1.